The first-order valence-corrected chi connectivity index (χ1v) is 6.86. The third-order valence-corrected chi connectivity index (χ3v) is 3.98. The molecule has 2 fully saturated rings. The normalized spacial score (nSPS) is 30.8. The van der Waals surface area contributed by atoms with Crippen molar-refractivity contribution in [3.05, 3.63) is 0 Å². The van der Waals surface area contributed by atoms with Crippen molar-refractivity contribution in [1.29, 1.82) is 0 Å². The number of carbonyl (C=O) groups excluding carboxylic acids is 1. The van der Waals surface area contributed by atoms with Crippen molar-refractivity contribution in [1.82, 2.24) is 4.90 Å². The summed E-state index contributed by atoms with van der Waals surface area (Å²) in [6.45, 7) is 4.51. The number of ether oxygens (including phenoxy) is 1. The van der Waals surface area contributed by atoms with E-state index in [2.05, 4.69) is 0 Å². The first kappa shape index (κ1) is 12.8. The van der Waals surface area contributed by atoms with Crippen molar-refractivity contribution in [3.8, 4) is 0 Å². The van der Waals surface area contributed by atoms with Crippen LogP contribution >= 0.6 is 0 Å². The van der Waals surface area contributed by atoms with Crippen molar-refractivity contribution in [2.24, 2.45) is 11.7 Å². The Bertz CT molecular complexity index is 262. The van der Waals surface area contributed by atoms with E-state index in [0.29, 0.717) is 12.0 Å². The molecule has 2 rings (SSSR count). The molecule has 1 heterocycles. The molecular formula is C13H24N2O2. The smallest absolute Gasteiger partial charge is 0.225 e. The van der Waals surface area contributed by atoms with E-state index in [0.717, 1.165) is 51.8 Å². The maximum absolute atomic E-state index is 12.2. The Morgan fingerprint density at radius 1 is 1.29 bits per heavy atom. The molecule has 1 saturated heterocycles. The second kappa shape index (κ2) is 5.83. The molecule has 1 saturated carbocycles. The molecule has 0 bridgehead atoms. The quantitative estimate of drug-likeness (QED) is 0.805. The Morgan fingerprint density at radius 3 is 2.53 bits per heavy atom. The van der Waals surface area contributed by atoms with Gasteiger partial charge in [0.05, 0.1) is 6.10 Å². The van der Waals surface area contributed by atoms with Crippen LogP contribution in [0.1, 0.15) is 39.0 Å². The van der Waals surface area contributed by atoms with Crippen molar-refractivity contribution in [2.75, 3.05) is 19.7 Å². The minimum absolute atomic E-state index is 0.189. The van der Waals surface area contributed by atoms with Crippen molar-refractivity contribution >= 4 is 5.91 Å². The Morgan fingerprint density at radius 2 is 2.00 bits per heavy atom. The van der Waals surface area contributed by atoms with Gasteiger partial charge in [0.15, 0.2) is 0 Å². The van der Waals surface area contributed by atoms with E-state index in [4.69, 9.17) is 10.5 Å². The van der Waals surface area contributed by atoms with Gasteiger partial charge in [-0.1, -0.05) is 0 Å². The third kappa shape index (κ3) is 3.19. The molecule has 2 aliphatic rings. The van der Waals surface area contributed by atoms with Crippen LogP contribution in [0.25, 0.3) is 0 Å². The third-order valence-electron chi connectivity index (χ3n) is 3.98. The van der Waals surface area contributed by atoms with Crippen molar-refractivity contribution in [2.45, 2.75) is 51.2 Å². The Kier molecular flexibility index (Phi) is 4.40. The van der Waals surface area contributed by atoms with E-state index < -0.39 is 0 Å². The summed E-state index contributed by atoms with van der Waals surface area (Å²) >= 11 is 0. The second-order valence-electron chi connectivity index (χ2n) is 5.25. The molecule has 0 aromatic rings. The Balaban J connectivity index is 1.78. The molecule has 4 nitrogen and oxygen atoms in total. The van der Waals surface area contributed by atoms with Gasteiger partial charge >= 0.3 is 0 Å². The summed E-state index contributed by atoms with van der Waals surface area (Å²) in [6, 6.07) is 0.241. The highest BCUT2D eigenvalue weighted by Crippen LogP contribution is 2.27. The van der Waals surface area contributed by atoms with Gasteiger partial charge < -0.3 is 15.4 Å². The van der Waals surface area contributed by atoms with Gasteiger partial charge in [0.25, 0.3) is 0 Å². The van der Waals surface area contributed by atoms with Gasteiger partial charge in [0.1, 0.15) is 0 Å². The molecule has 98 valence electrons. The molecule has 2 atom stereocenters. The zero-order chi connectivity index (χ0) is 12.3. The highest BCUT2D eigenvalue weighted by molar-refractivity contribution is 5.79. The van der Waals surface area contributed by atoms with Gasteiger partial charge in [-0.05, 0) is 39.0 Å². The van der Waals surface area contributed by atoms with Crippen LogP contribution in [0.5, 0.6) is 0 Å². The summed E-state index contributed by atoms with van der Waals surface area (Å²) < 4.78 is 5.60. The van der Waals surface area contributed by atoms with Crippen LogP contribution in [0.4, 0.5) is 0 Å². The highest BCUT2D eigenvalue weighted by atomic mass is 16.5. The highest BCUT2D eigenvalue weighted by Gasteiger charge is 2.32. The van der Waals surface area contributed by atoms with Gasteiger partial charge in [-0.2, -0.15) is 0 Å². The topological polar surface area (TPSA) is 55.6 Å². The van der Waals surface area contributed by atoms with Gasteiger partial charge in [0, 0.05) is 31.7 Å². The molecule has 1 aliphatic heterocycles. The first-order valence-electron chi connectivity index (χ1n) is 6.86. The summed E-state index contributed by atoms with van der Waals surface area (Å²) in [5, 5.41) is 0. The standard InChI is InChI=1S/C13H24N2O2/c1-2-17-12-5-7-15(8-6-12)13(16)10-3-4-11(14)9-10/h10-12H,2-9,14H2,1H3. The van der Waals surface area contributed by atoms with Gasteiger partial charge in [-0.15, -0.1) is 0 Å². The van der Waals surface area contributed by atoms with E-state index in [1.54, 1.807) is 0 Å². The first-order chi connectivity index (χ1) is 8.20. The van der Waals surface area contributed by atoms with Gasteiger partial charge in [-0.3, -0.25) is 4.79 Å². The minimum Gasteiger partial charge on any atom is -0.378 e. The number of carbonyl (C=O) groups is 1. The molecule has 1 amide bonds. The van der Waals surface area contributed by atoms with Crippen LogP contribution in [0, 0.1) is 5.92 Å². The van der Waals surface area contributed by atoms with Crippen LogP contribution in [0.2, 0.25) is 0 Å². The van der Waals surface area contributed by atoms with E-state index in [-0.39, 0.29) is 12.0 Å². The maximum atomic E-state index is 12.2. The van der Waals surface area contributed by atoms with E-state index >= 15 is 0 Å². The lowest BCUT2D eigenvalue weighted by Gasteiger charge is -2.33. The number of likely N-dealkylation sites (tertiary alicyclic amines) is 1. The van der Waals surface area contributed by atoms with Crippen molar-refractivity contribution in [3.63, 3.8) is 0 Å². The van der Waals surface area contributed by atoms with Gasteiger partial charge in [-0.25, -0.2) is 0 Å². The SMILES string of the molecule is CCOC1CCN(C(=O)C2CCC(N)C2)CC1. The van der Waals surface area contributed by atoms with Crippen molar-refractivity contribution < 1.29 is 9.53 Å². The molecular weight excluding hydrogens is 216 g/mol. The lowest BCUT2D eigenvalue weighted by Crippen LogP contribution is -2.43. The predicted octanol–water partition coefficient (Wildman–Crippen LogP) is 1.14. The molecule has 2 N–H and O–H groups in total. The molecule has 4 heteroatoms. The fourth-order valence-corrected chi connectivity index (χ4v) is 2.98. The fraction of sp³-hybridized carbons (Fsp3) is 0.923. The molecule has 0 spiro atoms. The molecule has 1 aliphatic carbocycles. The summed E-state index contributed by atoms with van der Waals surface area (Å²) in [5.74, 6) is 0.515. The van der Waals surface area contributed by atoms with Crippen LogP contribution < -0.4 is 5.73 Å². The number of rotatable bonds is 3. The maximum Gasteiger partial charge on any atom is 0.225 e. The van der Waals surface area contributed by atoms with Gasteiger partial charge in [0.2, 0.25) is 5.91 Å². The zero-order valence-corrected chi connectivity index (χ0v) is 10.7. The minimum atomic E-state index is 0.189. The predicted molar refractivity (Wildman–Crippen MR) is 66.5 cm³/mol. The molecule has 0 radical (unpaired) electrons. The number of nitrogens with two attached hydrogens (primary N) is 1. The lowest BCUT2D eigenvalue weighted by molar-refractivity contribution is -0.138. The van der Waals surface area contributed by atoms with Crippen LogP contribution in [-0.4, -0.2) is 42.6 Å². The van der Waals surface area contributed by atoms with E-state index in [9.17, 15) is 4.79 Å². The number of nitrogens with zero attached hydrogens (tertiary/aromatic N) is 1. The van der Waals surface area contributed by atoms with E-state index in [1.165, 1.54) is 0 Å². The summed E-state index contributed by atoms with van der Waals surface area (Å²) in [5.41, 5.74) is 5.86. The van der Waals surface area contributed by atoms with E-state index in [1.807, 2.05) is 11.8 Å². The average Bonchev–Trinajstić information content (AvgIpc) is 2.76. The second-order valence-corrected chi connectivity index (χ2v) is 5.25. The fourth-order valence-electron chi connectivity index (χ4n) is 2.98. The average molecular weight is 240 g/mol. The molecule has 17 heavy (non-hydrogen) atoms. The van der Waals surface area contributed by atoms with Crippen LogP contribution in [0.3, 0.4) is 0 Å². The summed E-state index contributed by atoms with van der Waals surface area (Å²) in [6.07, 6.45) is 5.19. The largest absolute Gasteiger partial charge is 0.378 e. The van der Waals surface area contributed by atoms with Crippen LogP contribution in [0.15, 0.2) is 0 Å². The summed E-state index contributed by atoms with van der Waals surface area (Å²) in [7, 11) is 0. The molecule has 0 aromatic heterocycles. The number of amides is 1. The Hall–Kier alpha value is -0.610. The number of hydrogen-bond donors (Lipinski definition) is 1. The summed E-state index contributed by atoms with van der Waals surface area (Å²) in [4.78, 5) is 14.3. The molecule has 2 unspecified atom stereocenters. The Labute approximate surface area is 103 Å². The monoisotopic (exact) mass is 240 g/mol. The zero-order valence-electron chi connectivity index (χ0n) is 10.7. The number of hydrogen-bond acceptors (Lipinski definition) is 3. The lowest BCUT2D eigenvalue weighted by atomic mass is 10.0. The molecule has 0 aromatic carbocycles. The number of piperidine rings is 1. The van der Waals surface area contributed by atoms with Crippen LogP contribution in [-0.2, 0) is 9.53 Å².